The number of nitrogens with zero attached hydrogens (tertiary/aromatic N) is 2. The van der Waals surface area contributed by atoms with E-state index in [1.54, 1.807) is 0 Å². The summed E-state index contributed by atoms with van der Waals surface area (Å²) in [6.07, 6.45) is -1.48. The van der Waals surface area contributed by atoms with E-state index in [9.17, 15) is 26.8 Å². The van der Waals surface area contributed by atoms with Crippen LogP contribution >= 0.6 is 23.2 Å². The van der Waals surface area contributed by atoms with Crippen molar-refractivity contribution in [1.29, 1.82) is 0 Å². The topological polar surface area (TPSA) is 86.8 Å². The standard InChI is InChI=1S/C13H11Cl2F2N3O4S.Na/c14-5-25(23,24)18-9-3-10(8(17)2-7(9)15)20-12(21)11-1-6(16)4-19(11)13(20)22;/h2-3,6,11,18H,1,4-5H2;/t6-,11+;/m0./s1. The Hall–Kier alpha value is -0.650. The van der Waals surface area contributed by atoms with Crippen molar-refractivity contribution < 1.29 is 26.8 Å². The van der Waals surface area contributed by atoms with Crippen molar-refractivity contribution in [2.75, 3.05) is 21.4 Å². The number of nitrogens with one attached hydrogen (secondary N) is 1. The van der Waals surface area contributed by atoms with Gasteiger partial charge in [0.1, 0.15) is 23.2 Å². The first-order valence-corrected chi connectivity index (χ1v) is 9.55. The van der Waals surface area contributed by atoms with Crippen molar-refractivity contribution in [3.63, 3.8) is 0 Å². The van der Waals surface area contributed by atoms with E-state index >= 15 is 0 Å². The number of alkyl halides is 2. The van der Waals surface area contributed by atoms with Crippen LogP contribution < -0.4 is 9.62 Å². The van der Waals surface area contributed by atoms with E-state index in [4.69, 9.17) is 23.2 Å². The summed E-state index contributed by atoms with van der Waals surface area (Å²) in [5.74, 6) is -1.78. The van der Waals surface area contributed by atoms with Crippen molar-refractivity contribution in [3.05, 3.63) is 23.0 Å². The molecule has 2 aliphatic heterocycles. The first-order chi connectivity index (χ1) is 11.6. The van der Waals surface area contributed by atoms with Crippen LogP contribution in [0.1, 0.15) is 6.42 Å². The third-order valence-electron chi connectivity index (χ3n) is 3.88. The van der Waals surface area contributed by atoms with Crippen LogP contribution in [-0.2, 0) is 14.8 Å². The minimum absolute atomic E-state index is 0. The molecule has 0 aliphatic carbocycles. The van der Waals surface area contributed by atoms with Gasteiger partial charge in [0.2, 0.25) is 10.0 Å². The van der Waals surface area contributed by atoms with E-state index in [0.717, 1.165) is 17.0 Å². The number of urea groups is 1. The number of benzene rings is 1. The maximum absolute atomic E-state index is 14.3. The minimum Gasteiger partial charge on any atom is -0.309 e. The molecule has 137 valence electrons. The Kier molecular flexibility index (Phi) is 6.46. The van der Waals surface area contributed by atoms with Crippen LogP contribution in [-0.4, -0.2) is 78.8 Å². The number of anilines is 2. The summed E-state index contributed by atoms with van der Waals surface area (Å²) in [4.78, 5) is 26.3. The van der Waals surface area contributed by atoms with Gasteiger partial charge in [-0.25, -0.2) is 26.9 Å². The van der Waals surface area contributed by atoms with Gasteiger partial charge >= 0.3 is 6.03 Å². The van der Waals surface area contributed by atoms with Gasteiger partial charge in [0.15, 0.2) is 0 Å². The molecular weight excluding hydrogens is 426 g/mol. The van der Waals surface area contributed by atoms with Crippen molar-refractivity contribution in [3.8, 4) is 0 Å². The van der Waals surface area contributed by atoms with E-state index in [1.165, 1.54) is 0 Å². The molecule has 0 unspecified atom stereocenters. The zero-order chi connectivity index (χ0) is 18.5. The summed E-state index contributed by atoms with van der Waals surface area (Å²) in [6.45, 7) is -0.257. The van der Waals surface area contributed by atoms with Crippen LogP contribution in [0.3, 0.4) is 0 Å². The number of fused-ring (bicyclic) bond motifs is 1. The molecule has 1 aromatic carbocycles. The number of imide groups is 1. The Balaban J connectivity index is 0.00000243. The van der Waals surface area contributed by atoms with Gasteiger partial charge in [-0.2, -0.15) is 0 Å². The Bertz CT molecular complexity index is 849. The molecule has 0 bridgehead atoms. The van der Waals surface area contributed by atoms with Gasteiger partial charge in [0.25, 0.3) is 5.91 Å². The summed E-state index contributed by atoms with van der Waals surface area (Å²) in [6, 6.07) is -0.180. The van der Waals surface area contributed by atoms with Gasteiger partial charge in [-0.1, -0.05) is 11.6 Å². The summed E-state index contributed by atoms with van der Waals surface area (Å²) in [5, 5.41) is -1.05. The van der Waals surface area contributed by atoms with E-state index in [-0.39, 0.29) is 53.2 Å². The normalized spacial score (nSPS) is 22.5. The van der Waals surface area contributed by atoms with Crippen LogP contribution in [0.15, 0.2) is 12.1 Å². The zero-order valence-corrected chi connectivity index (χ0v) is 17.7. The van der Waals surface area contributed by atoms with Crippen LogP contribution in [0.25, 0.3) is 0 Å². The summed E-state index contributed by atoms with van der Waals surface area (Å²) >= 11 is 11.1. The zero-order valence-electron chi connectivity index (χ0n) is 13.4. The van der Waals surface area contributed by atoms with Crippen molar-refractivity contribution in [2.45, 2.75) is 18.6 Å². The molecule has 2 atom stereocenters. The molecule has 2 saturated heterocycles. The van der Waals surface area contributed by atoms with Crippen molar-refractivity contribution in [2.24, 2.45) is 0 Å². The Morgan fingerprint density at radius 1 is 1.31 bits per heavy atom. The van der Waals surface area contributed by atoms with Gasteiger partial charge in [-0.15, -0.1) is 11.6 Å². The first kappa shape index (κ1) is 21.6. The van der Waals surface area contributed by atoms with Crippen LogP contribution in [0.2, 0.25) is 5.02 Å². The van der Waals surface area contributed by atoms with Crippen LogP contribution in [0, 0.1) is 5.82 Å². The second-order valence-electron chi connectivity index (χ2n) is 5.57. The molecule has 0 aromatic heterocycles. The fraction of sp³-hybridized carbons (Fsp3) is 0.385. The Morgan fingerprint density at radius 3 is 2.54 bits per heavy atom. The largest absolute Gasteiger partial charge is 0.332 e. The van der Waals surface area contributed by atoms with Crippen molar-refractivity contribution in [1.82, 2.24) is 4.90 Å². The second kappa shape index (κ2) is 7.76. The number of hydrogen-bond acceptors (Lipinski definition) is 4. The Morgan fingerprint density at radius 2 is 1.96 bits per heavy atom. The summed E-state index contributed by atoms with van der Waals surface area (Å²) in [5.41, 5.74) is -0.716. The molecule has 7 nitrogen and oxygen atoms in total. The molecule has 3 amide bonds. The van der Waals surface area contributed by atoms with E-state index in [1.807, 2.05) is 4.72 Å². The molecule has 1 aromatic rings. The second-order valence-corrected chi connectivity index (χ2v) is 8.28. The van der Waals surface area contributed by atoms with Crippen molar-refractivity contribution >= 4 is 86.1 Å². The molecule has 2 fully saturated rings. The number of carbonyl (C=O) groups excluding carboxylic acids is 2. The quantitative estimate of drug-likeness (QED) is 0.443. The average molecular weight is 437 g/mol. The molecule has 2 heterocycles. The summed E-state index contributed by atoms with van der Waals surface area (Å²) in [7, 11) is -3.94. The predicted molar refractivity (Wildman–Crippen MR) is 93.3 cm³/mol. The van der Waals surface area contributed by atoms with Gasteiger partial charge in [-0.3, -0.25) is 9.52 Å². The number of rotatable bonds is 4. The number of sulfonamides is 1. The molecule has 0 saturated carbocycles. The molecule has 1 N–H and O–H groups in total. The summed E-state index contributed by atoms with van der Waals surface area (Å²) < 4.78 is 52.8. The van der Waals surface area contributed by atoms with E-state index in [0.29, 0.717) is 4.90 Å². The predicted octanol–water partition coefficient (Wildman–Crippen LogP) is 1.92. The number of carbonyl (C=O) groups is 2. The van der Waals surface area contributed by atoms with Gasteiger partial charge < -0.3 is 4.90 Å². The molecule has 26 heavy (non-hydrogen) atoms. The molecule has 0 spiro atoms. The number of halogens is 4. The van der Waals surface area contributed by atoms with Crippen LogP contribution in [0.5, 0.6) is 0 Å². The molecule has 13 heteroatoms. The third-order valence-corrected chi connectivity index (χ3v) is 5.87. The first-order valence-electron chi connectivity index (χ1n) is 6.98. The average Bonchev–Trinajstić information content (AvgIpc) is 3.01. The van der Waals surface area contributed by atoms with Gasteiger partial charge in [0, 0.05) is 36.0 Å². The van der Waals surface area contributed by atoms with Gasteiger partial charge in [0.05, 0.1) is 22.9 Å². The third kappa shape index (κ3) is 3.81. The maximum atomic E-state index is 14.3. The SMILES string of the molecule is O=C1[C@H]2C[C@H](F)CN2C(=O)N1c1cc(NS(=O)(=O)CCl)c(Cl)cc1F.[Na]. The maximum Gasteiger partial charge on any atom is 0.332 e. The minimum atomic E-state index is -3.94. The fourth-order valence-electron chi connectivity index (χ4n) is 2.81. The monoisotopic (exact) mass is 436 g/mol. The number of hydrogen-bond donors (Lipinski definition) is 1. The molecule has 2 aliphatic rings. The number of amides is 3. The van der Waals surface area contributed by atoms with E-state index in [2.05, 4.69) is 0 Å². The smallest absolute Gasteiger partial charge is 0.309 e. The molecular formula is C13H11Cl2F2N3NaO4S. The van der Waals surface area contributed by atoms with E-state index < -0.39 is 50.9 Å². The molecule has 3 rings (SSSR count). The Labute approximate surface area is 179 Å². The van der Waals surface area contributed by atoms with Gasteiger partial charge in [-0.05, 0) is 12.1 Å². The molecule has 1 radical (unpaired) electrons. The van der Waals surface area contributed by atoms with Crippen LogP contribution in [0.4, 0.5) is 25.0 Å². The fourth-order valence-corrected chi connectivity index (χ4v) is 3.78.